The molecule has 0 fully saturated rings. The van der Waals surface area contributed by atoms with E-state index in [9.17, 15) is 8.42 Å². The van der Waals surface area contributed by atoms with Gasteiger partial charge in [-0.05, 0) is 49.5 Å². The number of sulfone groups is 1. The minimum absolute atomic E-state index is 0.179. The normalized spacial score (nSPS) is 11.4. The molecule has 3 rings (SSSR count). The van der Waals surface area contributed by atoms with E-state index in [1.165, 1.54) is 19.2 Å². The third kappa shape index (κ3) is 3.88. The van der Waals surface area contributed by atoms with Gasteiger partial charge in [-0.2, -0.15) is 0 Å². The summed E-state index contributed by atoms with van der Waals surface area (Å²) < 4.78 is 30.9. The Kier molecular flexibility index (Phi) is 5.07. The summed E-state index contributed by atoms with van der Waals surface area (Å²) in [5.41, 5.74) is 3.05. The SMILES string of the molecule is COc1ccc(S(C)(=O)=O)cc1NC(=S)Nc1cccc2nc(C)n(C)c12. The van der Waals surface area contributed by atoms with Crippen LogP contribution in [0.25, 0.3) is 11.0 Å². The zero-order valence-electron chi connectivity index (χ0n) is 15.4. The highest BCUT2D eigenvalue weighted by Crippen LogP contribution is 2.28. The smallest absolute Gasteiger partial charge is 0.175 e. The molecule has 0 aliphatic heterocycles. The predicted molar refractivity (Wildman–Crippen MR) is 111 cm³/mol. The number of rotatable bonds is 4. The minimum Gasteiger partial charge on any atom is -0.495 e. The molecule has 7 nitrogen and oxygen atoms in total. The summed E-state index contributed by atoms with van der Waals surface area (Å²) in [6.45, 7) is 1.93. The first-order chi connectivity index (χ1) is 12.7. The molecule has 0 amide bonds. The van der Waals surface area contributed by atoms with Crippen molar-refractivity contribution in [3.05, 3.63) is 42.2 Å². The highest BCUT2D eigenvalue weighted by atomic mass is 32.2. The fourth-order valence-corrected chi connectivity index (χ4v) is 3.64. The van der Waals surface area contributed by atoms with E-state index < -0.39 is 9.84 Å². The van der Waals surface area contributed by atoms with Crippen molar-refractivity contribution in [1.82, 2.24) is 9.55 Å². The molecule has 0 radical (unpaired) electrons. The standard InChI is InChI=1S/C18H20N4O3S2/c1-11-19-13-6-5-7-14(17(13)22(11)2)20-18(26)21-15-10-12(27(4,23)24)8-9-16(15)25-3/h5-10H,1-4H3,(H2,20,21,26). The van der Waals surface area contributed by atoms with Crippen LogP contribution in [-0.2, 0) is 16.9 Å². The number of imidazole rings is 1. The van der Waals surface area contributed by atoms with Crippen molar-refractivity contribution >= 4 is 49.6 Å². The van der Waals surface area contributed by atoms with Crippen LogP contribution in [0.15, 0.2) is 41.3 Å². The third-order valence-corrected chi connectivity index (χ3v) is 5.53. The van der Waals surface area contributed by atoms with Gasteiger partial charge >= 0.3 is 0 Å². The van der Waals surface area contributed by atoms with Crippen molar-refractivity contribution in [3.8, 4) is 5.75 Å². The number of anilines is 2. The molecule has 0 saturated carbocycles. The second kappa shape index (κ2) is 7.16. The van der Waals surface area contributed by atoms with Crippen LogP contribution in [0.4, 0.5) is 11.4 Å². The topological polar surface area (TPSA) is 85.2 Å². The molecular formula is C18H20N4O3S2. The summed E-state index contributed by atoms with van der Waals surface area (Å²) in [5, 5.41) is 6.48. The van der Waals surface area contributed by atoms with Gasteiger partial charge in [-0.1, -0.05) is 6.07 Å². The Morgan fingerprint density at radius 3 is 2.56 bits per heavy atom. The van der Waals surface area contributed by atoms with Crippen molar-refractivity contribution < 1.29 is 13.2 Å². The molecule has 27 heavy (non-hydrogen) atoms. The molecule has 9 heteroatoms. The first-order valence-electron chi connectivity index (χ1n) is 8.09. The number of para-hydroxylation sites is 1. The Morgan fingerprint density at radius 2 is 1.89 bits per heavy atom. The largest absolute Gasteiger partial charge is 0.495 e. The highest BCUT2D eigenvalue weighted by Gasteiger charge is 2.14. The van der Waals surface area contributed by atoms with Crippen LogP contribution in [0.5, 0.6) is 5.75 Å². The number of aromatic nitrogens is 2. The van der Waals surface area contributed by atoms with Crippen molar-refractivity contribution in [2.45, 2.75) is 11.8 Å². The first-order valence-corrected chi connectivity index (χ1v) is 10.4. The summed E-state index contributed by atoms with van der Waals surface area (Å²) in [6, 6.07) is 10.3. The predicted octanol–water partition coefficient (Wildman–Crippen LogP) is 3.10. The number of hydrogen-bond acceptors (Lipinski definition) is 5. The minimum atomic E-state index is -3.35. The van der Waals surface area contributed by atoms with Crippen molar-refractivity contribution in [3.63, 3.8) is 0 Å². The van der Waals surface area contributed by atoms with Crippen LogP contribution in [0.1, 0.15) is 5.82 Å². The van der Waals surface area contributed by atoms with Crippen LogP contribution in [-0.4, -0.2) is 36.4 Å². The molecular weight excluding hydrogens is 384 g/mol. The molecule has 142 valence electrons. The molecule has 0 unspecified atom stereocenters. The van der Waals surface area contributed by atoms with Gasteiger partial charge in [-0.3, -0.25) is 0 Å². The van der Waals surface area contributed by atoms with E-state index in [1.54, 1.807) is 6.07 Å². The van der Waals surface area contributed by atoms with Gasteiger partial charge in [0.05, 0.1) is 34.4 Å². The Morgan fingerprint density at radius 1 is 1.19 bits per heavy atom. The summed E-state index contributed by atoms with van der Waals surface area (Å²) >= 11 is 5.42. The molecule has 0 aliphatic carbocycles. The lowest BCUT2D eigenvalue weighted by atomic mass is 10.2. The van der Waals surface area contributed by atoms with E-state index in [2.05, 4.69) is 15.6 Å². The maximum Gasteiger partial charge on any atom is 0.175 e. The zero-order valence-corrected chi connectivity index (χ0v) is 17.0. The Labute approximate surface area is 163 Å². The Hall–Kier alpha value is -2.65. The molecule has 0 aliphatic rings. The second-order valence-corrected chi connectivity index (χ2v) is 8.53. The van der Waals surface area contributed by atoms with Crippen LogP contribution in [0.2, 0.25) is 0 Å². The molecule has 0 spiro atoms. The van der Waals surface area contributed by atoms with E-state index >= 15 is 0 Å². The lowest BCUT2D eigenvalue weighted by Crippen LogP contribution is -2.20. The maximum absolute atomic E-state index is 11.8. The maximum atomic E-state index is 11.8. The van der Waals surface area contributed by atoms with E-state index in [-0.39, 0.29) is 4.90 Å². The van der Waals surface area contributed by atoms with Crippen LogP contribution in [0.3, 0.4) is 0 Å². The van der Waals surface area contributed by atoms with Gasteiger partial charge in [0, 0.05) is 13.3 Å². The monoisotopic (exact) mass is 404 g/mol. The fourth-order valence-electron chi connectivity index (χ4n) is 2.78. The highest BCUT2D eigenvalue weighted by molar-refractivity contribution is 7.90. The molecule has 2 N–H and O–H groups in total. The molecule has 1 aromatic heterocycles. The van der Waals surface area contributed by atoms with Gasteiger partial charge in [0.15, 0.2) is 14.9 Å². The van der Waals surface area contributed by atoms with Gasteiger partial charge in [0.2, 0.25) is 0 Å². The number of fused-ring (bicyclic) bond motifs is 1. The van der Waals surface area contributed by atoms with Gasteiger partial charge < -0.3 is 19.9 Å². The summed E-state index contributed by atoms with van der Waals surface area (Å²) in [5.74, 6) is 1.38. The molecule has 1 heterocycles. The van der Waals surface area contributed by atoms with Crippen LogP contribution >= 0.6 is 12.2 Å². The van der Waals surface area contributed by atoms with E-state index in [0.29, 0.717) is 16.5 Å². The summed E-state index contributed by atoms with van der Waals surface area (Å²) in [6.07, 6.45) is 1.15. The summed E-state index contributed by atoms with van der Waals surface area (Å²) in [4.78, 5) is 4.68. The lowest BCUT2D eigenvalue weighted by molar-refractivity contribution is 0.416. The van der Waals surface area contributed by atoms with Crippen molar-refractivity contribution in [2.75, 3.05) is 24.0 Å². The fraction of sp³-hybridized carbons (Fsp3) is 0.222. The van der Waals surface area contributed by atoms with Crippen LogP contribution < -0.4 is 15.4 Å². The van der Waals surface area contributed by atoms with E-state index in [0.717, 1.165) is 28.8 Å². The van der Waals surface area contributed by atoms with Gasteiger partial charge in [-0.15, -0.1) is 0 Å². The van der Waals surface area contributed by atoms with Gasteiger partial charge in [-0.25, -0.2) is 13.4 Å². The zero-order chi connectivity index (χ0) is 19.8. The average Bonchev–Trinajstić information content (AvgIpc) is 2.89. The lowest BCUT2D eigenvalue weighted by Gasteiger charge is -2.15. The molecule has 0 saturated heterocycles. The summed E-state index contributed by atoms with van der Waals surface area (Å²) in [7, 11) is 0.0981. The third-order valence-electron chi connectivity index (χ3n) is 4.21. The van der Waals surface area contributed by atoms with Gasteiger partial charge in [0.25, 0.3) is 0 Å². The number of benzene rings is 2. The molecule has 2 aromatic carbocycles. The van der Waals surface area contributed by atoms with Gasteiger partial charge in [0.1, 0.15) is 11.6 Å². The molecule has 0 bridgehead atoms. The van der Waals surface area contributed by atoms with Crippen molar-refractivity contribution in [2.24, 2.45) is 7.05 Å². The van der Waals surface area contributed by atoms with E-state index in [1.807, 2.05) is 36.7 Å². The van der Waals surface area contributed by atoms with Crippen LogP contribution in [0, 0.1) is 6.92 Å². The average molecular weight is 405 g/mol. The van der Waals surface area contributed by atoms with Crippen molar-refractivity contribution in [1.29, 1.82) is 0 Å². The molecule has 0 atom stereocenters. The number of nitrogens with one attached hydrogen (secondary N) is 2. The molecule has 3 aromatic rings. The number of hydrogen-bond donors (Lipinski definition) is 2. The number of thiocarbonyl (C=S) groups is 1. The first kappa shape index (κ1) is 19.1. The van der Waals surface area contributed by atoms with E-state index in [4.69, 9.17) is 17.0 Å². The quantitative estimate of drug-likeness (QED) is 0.646. The number of ether oxygens (including phenoxy) is 1. The number of methoxy groups -OCH3 is 1. The Bertz CT molecular complexity index is 1140. The number of nitrogens with zero attached hydrogens (tertiary/aromatic N) is 2. The number of aryl methyl sites for hydroxylation is 2. The Balaban J connectivity index is 1.91. The second-order valence-electron chi connectivity index (χ2n) is 6.10.